The first-order chi connectivity index (χ1) is 7.02. The van der Waals surface area contributed by atoms with Crippen LogP contribution in [0.5, 0.6) is 0 Å². The van der Waals surface area contributed by atoms with Crippen molar-refractivity contribution in [3.8, 4) is 0 Å². The van der Waals surface area contributed by atoms with Gasteiger partial charge in [0.2, 0.25) is 5.91 Å². The van der Waals surface area contributed by atoms with Crippen molar-refractivity contribution in [1.29, 1.82) is 0 Å². The number of amides is 1. The Morgan fingerprint density at radius 2 is 2.07 bits per heavy atom. The van der Waals surface area contributed by atoms with Crippen molar-refractivity contribution in [2.45, 2.75) is 40.0 Å². The molecule has 0 saturated heterocycles. The normalized spacial score (nSPS) is 12.2. The molecule has 0 aromatic carbocycles. The third kappa shape index (κ3) is 5.72. The van der Waals surface area contributed by atoms with E-state index in [1.165, 1.54) is 0 Å². The summed E-state index contributed by atoms with van der Waals surface area (Å²) < 4.78 is 0. The lowest BCUT2D eigenvalue weighted by atomic mass is 10.0. The Morgan fingerprint density at radius 1 is 1.47 bits per heavy atom. The van der Waals surface area contributed by atoms with Crippen LogP contribution in [0.3, 0.4) is 0 Å². The molecule has 1 atom stereocenters. The average Bonchev–Trinajstić information content (AvgIpc) is 2.18. The maximum atomic E-state index is 11.9. The van der Waals surface area contributed by atoms with Gasteiger partial charge in [-0.3, -0.25) is 4.79 Å². The summed E-state index contributed by atoms with van der Waals surface area (Å²) >= 11 is 4.81. The number of carbonyl (C=O) groups excluding carboxylic acids is 1. The lowest BCUT2D eigenvalue weighted by Crippen LogP contribution is -2.37. The number of thiocarbonyl (C=S) groups is 1. The Kier molecular flexibility index (Phi) is 7.30. The van der Waals surface area contributed by atoms with Crippen LogP contribution in [0.2, 0.25) is 0 Å². The van der Waals surface area contributed by atoms with Gasteiger partial charge < -0.3 is 10.6 Å². The molecule has 0 fully saturated rings. The van der Waals surface area contributed by atoms with E-state index in [-0.39, 0.29) is 11.8 Å². The van der Waals surface area contributed by atoms with Gasteiger partial charge in [0.25, 0.3) is 0 Å². The summed E-state index contributed by atoms with van der Waals surface area (Å²) in [6, 6.07) is 0. The molecule has 3 nitrogen and oxygen atoms in total. The lowest BCUT2D eigenvalue weighted by molar-refractivity contribution is -0.134. The Morgan fingerprint density at radius 3 is 2.47 bits per heavy atom. The molecular weight excluding hydrogens is 208 g/mol. The van der Waals surface area contributed by atoms with Crippen LogP contribution in [0.4, 0.5) is 0 Å². The van der Waals surface area contributed by atoms with E-state index in [0.29, 0.717) is 18.0 Å². The van der Waals surface area contributed by atoms with Crippen LogP contribution in [0.25, 0.3) is 0 Å². The number of rotatable bonds is 7. The Balaban J connectivity index is 4.14. The monoisotopic (exact) mass is 230 g/mol. The molecule has 0 spiro atoms. The minimum absolute atomic E-state index is 0.112. The standard InChI is InChI=1S/C11H22N2OS/c1-4-6-9(3)11(14)13(5-2)8-7-10(12)15/h9H,4-8H2,1-3H3,(H2,12,15). The van der Waals surface area contributed by atoms with E-state index >= 15 is 0 Å². The number of nitrogens with zero attached hydrogens (tertiary/aromatic N) is 1. The molecule has 1 amide bonds. The Hall–Kier alpha value is -0.640. The summed E-state index contributed by atoms with van der Waals surface area (Å²) in [6.07, 6.45) is 2.61. The summed E-state index contributed by atoms with van der Waals surface area (Å²) in [5, 5.41) is 0. The number of nitrogens with two attached hydrogens (primary N) is 1. The van der Waals surface area contributed by atoms with Crippen molar-refractivity contribution in [2.75, 3.05) is 13.1 Å². The first kappa shape index (κ1) is 14.4. The van der Waals surface area contributed by atoms with Gasteiger partial charge in [0, 0.05) is 25.4 Å². The van der Waals surface area contributed by atoms with Gasteiger partial charge in [0.05, 0.1) is 4.99 Å². The molecule has 0 aliphatic heterocycles. The highest BCUT2D eigenvalue weighted by atomic mass is 32.1. The molecule has 4 heteroatoms. The van der Waals surface area contributed by atoms with Crippen molar-refractivity contribution in [1.82, 2.24) is 4.90 Å². The predicted octanol–water partition coefficient (Wildman–Crippen LogP) is 1.95. The van der Waals surface area contributed by atoms with E-state index in [1.54, 1.807) is 0 Å². The van der Waals surface area contributed by atoms with E-state index in [2.05, 4.69) is 6.92 Å². The first-order valence-electron chi connectivity index (χ1n) is 5.60. The van der Waals surface area contributed by atoms with Crippen LogP contribution < -0.4 is 5.73 Å². The molecule has 0 rings (SSSR count). The summed E-state index contributed by atoms with van der Waals surface area (Å²) in [5.41, 5.74) is 5.42. The zero-order valence-electron chi connectivity index (χ0n) is 9.95. The van der Waals surface area contributed by atoms with Crippen molar-refractivity contribution in [3.63, 3.8) is 0 Å². The summed E-state index contributed by atoms with van der Waals surface area (Å²) in [4.78, 5) is 14.2. The molecule has 0 bridgehead atoms. The molecule has 1 unspecified atom stereocenters. The zero-order valence-corrected chi connectivity index (χ0v) is 10.8. The van der Waals surface area contributed by atoms with Crippen LogP contribution in [-0.2, 0) is 4.79 Å². The van der Waals surface area contributed by atoms with Crippen LogP contribution in [0.15, 0.2) is 0 Å². The smallest absolute Gasteiger partial charge is 0.225 e. The largest absolute Gasteiger partial charge is 0.393 e. The SMILES string of the molecule is CCCC(C)C(=O)N(CC)CCC(N)=S. The minimum atomic E-state index is 0.112. The van der Waals surface area contributed by atoms with Crippen molar-refractivity contribution < 1.29 is 4.79 Å². The fraction of sp³-hybridized carbons (Fsp3) is 0.818. The highest BCUT2D eigenvalue weighted by Crippen LogP contribution is 2.09. The van der Waals surface area contributed by atoms with E-state index in [1.807, 2.05) is 18.7 Å². The molecule has 88 valence electrons. The second kappa shape index (κ2) is 7.63. The number of carbonyl (C=O) groups is 1. The summed E-state index contributed by atoms with van der Waals surface area (Å²) in [7, 11) is 0. The van der Waals surface area contributed by atoms with E-state index < -0.39 is 0 Å². The van der Waals surface area contributed by atoms with Gasteiger partial charge in [-0.15, -0.1) is 0 Å². The first-order valence-corrected chi connectivity index (χ1v) is 6.00. The van der Waals surface area contributed by atoms with Gasteiger partial charge in [0.1, 0.15) is 0 Å². The summed E-state index contributed by atoms with van der Waals surface area (Å²) in [6.45, 7) is 7.44. The minimum Gasteiger partial charge on any atom is -0.393 e. The fourth-order valence-corrected chi connectivity index (χ4v) is 1.63. The second-order valence-electron chi connectivity index (χ2n) is 3.82. The van der Waals surface area contributed by atoms with Gasteiger partial charge in [-0.05, 0) is 13.3 Å². The second-order valence-corrected chi connectivity index (χ2v) is 4.35. The third-order valence-electron chi connectivity index (χ3n) is 2.46. The van der Waals surface area contributed by atoms with E-state index in [9.17, 15) is 4.79 Å². The van der Waals surface area contributed by atoms with Gasteiger partial charge in [-0.2, -0.15) is 0 Å². The molecule has 0 aromatic rings. The van der Waals surface area contributed by atoms with Crippen LogP contribution in [-0.4, -0.2) is 28.9 Å². The van der Waals surface area contributed by atoms with Crippen LogP contribution >= 0.6 is 12.2 Å². The molecule has 0 heterocycles. The number of hydrogen-bond acceptors (Lipinski definition) is 2. The van der Waals surface area contributed by atoms with Crippen molar-refractivity contribution in [3.05, 3.63) is 0 Å². The quantitative estimate of drug-likeness (QED) is 0.680. The maximum Gasteiger partial charge on any atom is 0.225 e. The van der Waals surface area contributed by atoms with Crippen LogP contribution in [0, 0.1) is 5.92 Å². The molecule has 15 heavy (non-hydrogen) atoms. The van der Waals surface area contributed by atoms with Crippen LogP contribution in [0.1, 0.15) is 40.0 Å². The Bertz CT molecular complexity index is 219. The summed E-state index contributed by atoms with van der Waals surface area (Å²) in [5.74, 6) is 0.330. The van der Waals surface area contributed by atoms with Gasteiger partial charge in [-0.1, -0.05) is 32.5 Å². The van der Waals surface area contributed by atoms with Crippen molar-refractivity contribution in [2.24, 2.45) is 11.7 Å². The van der Waals surface area contributed by atoms with Gasteiger partial charge in [-0.25, -0.2) is 0 Å². The average molecular weight is 230 g/mol. The van der Waals surface area contributed by atoms with E-state index in [0.717, 1.165) is 19.4 Å². The zero-order chi connectivity index (χ0) is 11.8. The molecular formula is C11H22N2OS. The van der Waals surface area contributed by atoms with Gasteiger partial charge in [0.15, 0.2) is 0 Å². The lowest BCUT2D eigenvalue weighted by Gasteiger charge is -2.24. The molecule has 2 N–H and O–H groups in total. The predicted molar refractivity (Wildman–Crippen MR) is 67.7 cm³/mol. The maximum absolute atomic E-state index is 11.9. The number of hydrogen-bond donors (Lipinski definition) is 1. The highest BCUT2D eigenvalue weighted by Gasteiger charge is 2.18. The molecule has 0 radical (unpaired) electrons. The molecule has 0 aliphatic carbocycles. The Labute approximate surface area is 98.0 Å². The fourth-order valence-electron chi connectivity index (χ4n) is 1.54. The highest BCUT2D eigenvalue weighted by molar-refractivity contribution is 7.80. The third-order valence-corrected chi connectivity index (χ3v) is 2.67. The van der Waals surface area contributed by atoms with Gasteiger partial charge >= 0.3 is 0 Å². The van der Waals surface area contributed by atoms with E-state index in [4.69, 9.17) is 18.0 Å². The molecule has 0 aromatic heterocycles. The molecule has 0 aliphatic rings. The topological polar surface area (TPSA) is 46.3 Å². The van der Waals surface area contributed by atoms with Crippen molar-refractivity contribution >= 4 is 23.1 Å². The molecule has 0 saturated carbocycles.